The van der Waals surface area contributed by atoms with Crippen molar-refractivity contribution in [2.75, 3.05) is 11.9 Å². The third kappa shape index (κ3) is 11.0. The lowest BCUT2D eigenvalue weighted by molar-refractivity contribution is -0.346. The standard InChI is InChI=1S/C59H62N2O18/c1-32-40(76-55(72)48(46(35-17-10-7-11-18-35)61-52(68)36-19-12-8-13-20-36)77-44(66)24-16-23-43(65)60-39-27-25-37(26-28-39)53(69)70)30-59(73)51(78-54(71)38-21-14-9-15-22-38)49-57(6,41(64)29-42-58(49,31-74-42)79-34(3)63)50(67)47(75-33(2)62)45(32)56(59,4)5/h7-15,17-22,25-28,40-42,46-49,51,64,73H,16,23-24,29-31H2,1-6H3,(H,60,65)(H,61,68)(H,69,70)/t40-,41?,42+,46-,47+,48+,49-,51-,57+,58-,59+/m0/s1. The van der Waals surface area contributed by atoms with Gasteiger partial charge in [0, 0.05) is 56.2 Å². The Labute approximate surface area is 454 Å². The number of hydrogen-bond acceptors (Lipinski definition) is 17. The number of nitrogens with one attached hydrogen (secondary N) is 2. The number of carboxylic acids is 1. The van der Waals surface area contributed by atoms with Gasteiger partial charge in [0.05, 0.1) is 35.2 Å². The zero-order valence-corrected chi connectivity index (χ0v) is 44.3. The largest absolute Gasteiger partial charge is 0.478 e. The SMILES string of the molecule is CC(=O)O[C@H]1C(=O)[C@]2(C)C(O)C[C@H]3OC[C@@]3(OC(C)=O)[C@H]2[C@H](OC(=O)c2ccccc2)[C@]2(O)C[C@H](OC(=O)[C@H](OC(=O)CCCC(=O)Nc3ccc(C(=O)O)cc3)[C@@H](NC(=O)c3ccccc3)c3ccccc3)C(C)=C1C2(C)C. The number of ether oxygens (including phenoxy) is 6. The highest BCUT2D eigenvalue weighted by Crippen LogP contribution is 2.64. The molecule has 11 atom stereocenters. The molecule has 4 aromatic carbocycles. The van der Waals surface area contributed by atoms with Crippen molar-refractivity contribution in [3.63, 3.8) is 0 Å². The van der Waals surface area contributed by atoms with Crippen molar-refractivity contribution >= 4 is 59.1 Å². The Bertz CT molecular complexity index is 3060. The summed E-state index contributed by atoms with van der Waals surface area (Å²) in [4.78, 5) is 125. The molecule has 5 N–H and O–H groups in total. The summed E-state index contributed by atoms with van der Waals surface area (Å²) in [7, 11) is 0. The highest BCUT2D eigenvalue weighted by molar-refractivity contribution is 5.97. The molecule has 2 amide bonds. The summed E-state index contributed by atoms with van der Waals surface area (Å²) < 4.78 is 36.9. The second-order valence-corrected chi connectivity index (χ2v) is 21.1. The number of carbonyl (C=O) groups excluding carboxylic acids is 8. The van der Waals surface area contributed by atoms with Crippen LogP contribution in [0.5, 0.6) is 0 Å². The summed E-state index contributed by atoms with van der Waals surface area (Å²) >= 11 is 0. The molecule has 1 heterocycles. The maximum Gasteiger partial charge on any atom is 0.350 e. The number of carbonyl (C=O) groups is 9. The molecule has 79 heavy (non-hydrogen) atoms. The van der Waals surface area contributed by atoms with Crippen molar-refractivity contribution in [3.8, 4) is 0 Å². The second kappa shape index (κ2) is 22.7. The Balaban J connectivity index is 1.22. The fraction of sp³-hybridized carbons (Fsp3) is 0.407. The van der Waals surface area contributed by atoms with Crippen LogP contribution < -0.4 is 10.6 Å². The van der Waals surface area contributed by atoms with Gasteiger partial charge in [0.15, 0.2) is 17.5 Å². The number of aliphatic hydroxyl groups excluding tert-OH is 1. The Morgan fingerprint density at radius 2 is 1.37 bits per heavy atom. The van der Waals surface area contributed by atoms with Crippen molar-refractivity contribution < 1.29 is 86.9 Å². The lowest BCUT2D eigenvalue weighted by atomic mass is 9.44. The Morgan fingerprint density at radius 3 is 1.94 bits per heavy atom. The number of ketones is 1. The van der Waals surface area contributed by atoms with Gasteiger partial charge in [0.1, 0.15) is 30.0 Å². The first-order valence-corrected chi connectivity index (χ1v) is 25.8. The molecule has 4 aromatic rings. The van der Waals surface area contributed by atoms with Crippen LogP contribution >= 0.6 is 0 Å². The number of hydrogen-bond donors (Lipinski definition) is 5. The van der Waals surface area contributed by atoms with Crippen molar-refractivity contribution in [3.05, 3.63) is 149 Å². The minimum Gasteiger partial charge on any atom is -0.478 e. The highest BCUT2D eigenvalue weighted by Gasteiger charge is 2.78. The average Bonchev–Trinajstić information content (AvgIpc) is 2.24. The van der Waals surface area contributed by atoms with Gasteiger partial charge in [-0.15, -0.1) is 0 Å². The predicted octanol–water partition coefficient (Wildman–Crippen LogP) is 5.79. The number of benzene rings is 4. The number of anilines is 1. The molecule has 20 nitrogen and oxygen atoms in total. The van der Waals surface area contributed by atoms with Crippen LogP contribution in [0.4, 0.5) is 5.69 Å². The first-order valence-electron chi connectivity index (χ1n) is 25.8. The minimum absolute atomic E-state index is 0.00491. The van der Waals surface area contributed by atoms with Crippen molar-refractivity contribution in [1.29, 1.82) is 0 Å². The maximum absolute atomic E-state index is 15.8. The second-order valence-electron chi connectivity index (χ2n) is 21.1. The van der Waals surface area contributed by atoms with E-state index in [-0.39, 0.29) is 59.3 Å². The normalized spacial score (nSPS) is 27.3. The maximum atomic E-state index is 15.8. The molecule has 1 aliphatic heterocycles. The van der Waals surface area contributed by atoms with Gasteiger partial charge in [-0.3, -0.25) is 28.8 Å². The smallest absolute Gasteiger partial charge is 0.350 e. The quantitative estimate of drug-likeness (QED) is 0.0475. The summed E-state index contributed by atoms with van der Waals surface area (Å²) in [6, 6.07) is 27.7. The summed E-state index contributed by atoms with van der Waals surface area (Å²) in [6.07, 6.45) is -11.9. The van der Waals surface area contributed by atoms with E-state index in [0.29, 0.717) is 5.69 Å². The number of fused-ring (bicyclic) bond motifs is 5. The summed E-state index contributed by atoms with van der Waals surface area (Å²) in [5.41, 5.74) is -7.51. The lowest BCUT2D eigenvalue weighted by Gasteiger charge is -2.67. The highest BCUT2D eigenvalue weighted by atomic mass is 16.6. The summed E-state index contributed by atoms with van der Waals surface area (Å²) in [5, 5.41) is 40.9. The molecular weight excluding hydrogens is 1020 g/mol. The summed E-state index contributed by atoms with van der Waals surface area (Å²) in [5.74, 6) is -9.98. The van der Waals surface area contributed by atoms with Gasteiger partial charge in [0.2, 0.25) is 12.0 Å². The Hall–Kier alpha value is -8.07. The number of carboxylic acid groups (broad SMARTS) is 1. The van der Waals surface area contributed by atoms with Crippen LogP contribution in [0.25, 0.3) is 0 Å². The molecule has 0 aromatic heterocycles. The molecule has 4 aliphatic rings. The van der Waals surface area contributed by atoms with E-state index in [1.54, 1.807) is 66.7 Å². The van der Waals surface area contributed by atoms with Crippen molar-refractivity contribution in [2.24, 2.45) is 16.7 Å². The average molecular weight is 1090 g/mol. The third-order valence-electron chi connectivity index (χ3n) is 15.9. The van der Waals surface area contributed by atoms with Crippen LogP contribution in [-0.2, 0) is 57.2 Å². The predicted molar refractivity (Wildman–Crippen MR) is 277 cm³/mol. The van der Waals surface area contributed by atoms with E-state index in [1.807, 2.05) is 0 Å². The zero-order chi connectivity index (χ0) is 57.2. The Morgan fingerprint density at radius 1 is 0.759 bits per heavy atom. The van der Waals surface area contributed by atoms with E-state index in [1.165, 1.54) is 76.2 Å². The fourth-order valence-corrected chi connectivity index (χ4v) is 11.8. The van der Waals surface area contributed by atoms with Gasteiger partial charge in [-0.25, -0.2) is 14.4 Å². The molecule has 8 rings (SSSR count). The number of aliphatic hydroxyl groups is 2. The first-order chi connectivity index (χ1) is 37.4. The molecule has 3 fully saturated rings. The molecule has 416 valence electrons. The van der Waals surface area contributed by atoms with Crippen molar-refractivity contribution in [1.82, 2.24) is 5.32 Å². The molecular formula is C59H62N2O18. The summed E-state index contributed by atoms with van der Waals surface area (Å²) in [6.45, 7) is 7.71. The van der Waals surface area contributed by atoms with Gasteiger partial charge >= 0.3 is 35.8 Å². The molecule has 3 aliphatic carbocycles. The molecule has 0 spiro atoms. The third-order valence-corrected chi connectivity index (χ3v) is 15.9. The van der Waals surface area contributed by atoms with Gasteiger partial charge in [-0.05, 0) is 85.5 Å². The van der Waals surface area contributed by atoms with E-state index in [4.69, 9.17) is 28.4 Å². The van der Waals surface area contributed by atoms with Crippen LogP contribution in [-0.4, -0.2) is 123 Å². The van der Waals surface area contributed by atoms with E-state index >= 15 is 9.59 Å². The Kier molecular flexibility index (Phi) is 16.4. The number of amides is 2. The van der Waals surface area contributed by atoms with E-state index in [0.717, 1.165) is 13.8 Å². The molecule has 2 saturated carbocycles. The van der Waals surface area contributed by atoms with Gasteiger partial charge < -0.3 is 54.4 Å². The van der Waals surface area contributed by atoms with E-state index in [9.17, 15) is 48.9 Å². The number of aromatic carboxylic acids is 1. The van der Waals surface area contributed by atoms with Crippen molar-refractivity contribution in [2.45, 2.75) is 128 Å². The lowest BCUT2D eigenvalue weighted by Crippen LogP contribution is -2.82. The molecule has 0 radical (unpaired) electrons. The van der Waals surface area contributed by atoms with Gasteiger partial charge in [0.25, 0.3) is 5.91 Å². The van der Waals surface area contributed by atoms with E-state index in [2.05, 4.69) is 10.6 Å². The van der Waals surface area contributed by atoms with E-state index < -0.39 is 137 Å². The zero-order valence-electron chi connectivity index (χ0n) is 44.3. The number of esters is 5. The van der Waals surface area contributed by atoms with Gasteiger partial charge in [-0.2, -0.15) is 0 Å². The minimum atomic E-state index is -2.52. The molecule has 2 bridgehead atoms. The van der Waals surface area contributed by atoms with Crippen LogP contribution in [0.15, 0.2) is 126 Å². The first kappa shape index (κ1) is 57.1. The molecule has 20 heteroatoms. The number of rotatable bonds is 17. The van der Waals surface area contributed by atoms with Crippen LogP contribution in [0.1, 0.15) is 116 Å². The monoisotopic (exact) mass is 1090 g/mol. The number of Topliss-reactive ketones (excluding diaryl/α,β-unsaturated/α-hetero) is 1. The topological polar surface area (TPSA) is 294 Å². The molecule has 1 unspecified atom stereocenters. The van der Waals surface area contributed by atoms with Crippen LogP contribution in [0.2, 0.25) is 0 Å². The van der Waals surface area contributed by atoms with Crippen LogP contribution in [0.3, 0.4) is 0 Å². The van der Waals surface area contributed by atoms with Crippen LogP contribution in [0, 0.1) is 16.7 Å². The van der Waals surface area contributed by atoms with Gasteiger partial charge in [-0.1, -0.05) is 80.6 Å². The fourth-order valence-electron chi connectivity index (χ4n) is 11.8. The molecule has 1 saturated heterocycles.